The molecule has 0 saturated heterocycles. The molecule has 3 atom stereocenters. The van der Waals surface area contributed by atoms with Gasteiger partial charge >= 0.3 is 0 Å². The zero-order valence-corrected chi connectivity index (χ0v) is 11.8. The molecular weight excluding hydrogens is 297 g/mol. The summed E-state index contributed by atoms with van der Waals surface area (Å²) < 4.78 is 1.32. The highest BCUT2D eigenvalue weighted by Gasteiger charge is 2.38. The van der Waals surface area contributed by atoms with Gasteiger partial charge in [0.15, 0.2) is 0 Å². The Bertz CT molecular complexity index is 183. The minimum absolute atomic E-state index is 1.04. The molecule has 15 heavy (non-hydrogen) atoms. The quantitative estimate of drug-likeness (QED) is 0.429. The Balaban J connectivity index is 1.48. The molecule has 0 radical (unpaired) electrons. The van der Waals surface area contributed by atoms with E-state index in [1.54, 1.807) is 6.42 Å². The molecule has 0 aliphatic heterocycles. The van der Waals surface area contributed by atoms with Crippen LogP contribution in [0.5, 0.6) is 0 Å². The fourth-order valence-electron chi connectivity index (χ4n) is 3.44. The summed E-state index contributed by atoms with van der Waals surface area (Å²) in [7, 11) is 0. The number of fused-ring (bicyclic) bond motifs is 2. The van der Waals surface area contributed by atoms with Crippen molar-refractivity contribution in [2.45, 2.75) is 44.9 Å². The van der Waals surface area contributed by atoms with Crippen molar-refractivity contribution in [2.75, 3.05) is 17.5 Å². The summed E-state index contributed by atoms with van der Waals surface area (Å²) in [6.45, 7) is 2.57. The van der Waals surface area contributed by atoms with Crippen molar-refractivity contribution in [3.8, 4) is 0 Å². The van der Waals surface area contributed by atoms with Crippen LogP contribution in [0.15, 0.2) is 0 Å². The van der Waals surface area contributed by atoms with Gasteiger partial charge in [-0.25, -0.2) is 0 Å². The van der Waals surface area contributed by atoms with Gasteiger partial charge in [0.25, 0.3) is 0 Å². The molecule has 0 aromatic rings. The molecule has 2 saturated carbocycles. The van der Waals surface area contributed by atoms with E-state index in [1.165, 1.54) is 56.0 Å². The summed E-state index contributed by atoms with van der Waals surface area (Å²) in [5.74, 6) is 3.24. The number of hydrogen-bond acceptors (Lipinski definition) is 1. The van der Waals surface area contributed by atoms with Crippen LogP contribution in [0.3, 0.4) is 0 Å². The second-order valence-electron chi connectivity index (χ2n) is 5.39. The maximum Gasteiger partial charge on any atom is -0.000472 e. The molecule has 0 heterocycles. The molecule has 0 aromatic carbocycles. The predicted octanol–water partition coefficient (Wildman–Crippen LogP) is 3.62. The summed E-state index contributed by atoms with van der Waals surface area (Å²) in [6, 6.07) is 0. The number of nitrogens with one attached hydrogen (secondary N) is 1. The van der Waals surface area contributed by atoms with Crippen LogP contribution in [0, 0.1) is 17.8 Å². The second-order valence-corrected chi connectivity index (χ2v) is 6.47. The molecule has 3 unspecified atom stereocenters. The zero-order valence-electron chi connectivity index (χ0n) is 9.68. The Labute approximate surface area is 108 Å². The average molecular weight is 321 g/mol. The Morgan fingerprint density at radius 3 is 2.67 bits per heavy atom. The lowest BCUT2D eigenvalue weighted by atomic mass is 9.89. The van der Waals surface area contributed by atoms with E-state index in [0.29, 0.717) is 0 Å². The van der Waals surface area contributed by atoms with Crippen LogP contribution >= 0.6 is 22.6 Å². The Hall–Kier alpha value is 0.690. The van der Waals surface area contributed by atoms with Gasteiger partial charge in [-0.3, -0.25) is 0 Å². The predicted molar refractivity (Wildman–Crippen MR) is 74.5 cm³/mol. The van der Waals surface area contributed by atoms with Gasteiger partial charge in [-0.2, -0.15) is 0 Å². The van der Waals surface area contributed by atoms with Crippen molar-refractivity contribution in [3.63, 3.8) is 0 Å². The molecule has 2 heteroatoms. The van der Waals surface area contributed by atoms with E-state index >= 15 is 0 Å². The van der Waals surface area contributed by atoms with E-state index in [9.17, 15) is 0 Å². The lowest BCUT2D eigenvalue weighted by Crippen LogP contribution is -2.27. The summed E-state index contributed by atoms with van der Waals surface area (Å²) in [6.07, 6.45) is 10.3. The molecule has 0 amide bonds. The van der Waals surface area contributed by atoms with Crippen molar-refractivity contribution < 1.29 is 0 Å². The SMILES string of the molecule is ICCCCCNCC1CC2CCC1C2. The maximum absolute atomic E-state index is 3.67. The van der Waals surface area contributed by atoms with Crippen molar-refractivity contribution in [2.24, 2.45) is 17.8 Å². The van der Waals surface area contributed by atoms with Crippen molar-refractivity contribution in [1.82, 2.24) is 5.32 Å². The van der Waals surface area contributed by atoms with Crippen LogP contribution in [-0.4, -0.2) is 17.5 Å². The van der Waals surface area contributed by atoms with E-state index in [0.717, 1.165) is 17.8 Å². The first-order valence-corrected chi connectivity index (χ1v) is 8.19. The molecule has 2 aliphatic rings. The lowest BCUT2D eigenvalue weighted by molar-refractivity contribution is 0.318. The Morgan fingerprint density at radius 1 is 1.07 bits per heavy atom. The van der Waals surface area contributed by atoms with Crippen LogP contribution in [0.25, 0.3) is 0 Å². The third kappa shape index (κ3) is 3.58. The molecule has 2 rings (SSSR count). The van der Waals surface area contributed by atoms with Crippen molar-refractivity contribution >= 4 is 22.6 Å². The van der Waals surface area contributed by atoms with Crippen molar-refractivity contribution in [1.29, 1.82) is 0 Å². The van der Waals surface area contributed by atoms with Gasteiger partial charge in [0.05, 0.1) is 0 Å². The number of rotatable bonds is 7. The lowest BCUT2D eigenvalue weighted by Gasteiger charge is -2.21. The Morgan fingerprint density at radius 2 is 2.00 bits per heavy atom. The van der Waals surface area contributed by atoms with Gasteiger partial charge in [0, 0.05) is 0 Å². The first-order chi connectivity index (χ1) is 7.40. The number of unbranched alkanes of at least 4 members (excludes halogenated alkanes) is 2. The summed E-state index contributed by atoms with van der Waals surface area (Å²) >= 11 is 2.47. The highest BCUT2D eigenvalue weighted by molar-refractivity contribution is 14.1. The smallest absolute Gasteiger partial charge is 0.000472 e. The molecule has 2 bridgehead atoms. The fraction of sp³-hybridized carbons (Fsp3) is 1.00. The van der Waals surface area contributed by atoms with Crippen LogP contribution in [0.1, 0.15) is 44.9 Å². The van der Waals surface area contributed by atoms with Gasteiger partial charge in [-0.15, -0.1) is 0 Å². The van der Waals surface area contributed by atoms with E-state index in [2.05, 4.69) is 27.9 Å². The van der Waals surface area contributed by atoms with Gasteiger partial charge in [0.1, 0.15) is 0 Å². The molecule has 1 N–H and O–H groups in total. The van der Waals surface area contributed by atoms with Gasteiger partial charge < -0.3 is 5.32 Å². The zero-order chi connectivity index (χ0) is 10.5. The summed E-state index contributed by atoms with van der Waals surface area (Å²) in [4.78, 5) is 0. The first-order valence-electron chi connectivity index (χ1n) is 6.67. The monoisotopic (exact) mass is 321 g/mol. The van der Waals surface area contributed by atoms with E-state index in [1.807, 2.05) is 0 Å². The van der Waals surface area contributed by atoms with Crippen LogP contribution < -0.4 is 5.32 Å². The minimum Gasteiger partial charge on any atom is -0.316 e. The van der Waals surface area contributed by atoms with Gasteiger partial charge in [-0.1, -0.05) is 35.4 Å². The fourth-order valence-corrected chi connectivity index (χ4v) is 3.97. The molecular formula is C13H24IN. The van der Waals surface area contributed by atoms with E-state index in [-0.39, 0.29) is 0 Å². The maximum atomic E-state index is 3.67. The Kier molecular flexibility index (Phi) is 5.21. The average Bonchev–Trinajstić information content (AvgIpc) is 2.85. The molecule has 0 aromatic heterocycles. The molecule has 2 aliphatic carbocycles. The number of alkyl halides is 1. The van der Waals surface area contributed by atoms with E-state index < -0.39 is 0 Å². The highest BCUT2D eigenvalue weighted by Crippen LogP contribution is 2.47. The standard InChI is InChI=1S/C13H24IN/c14-6-2-1-3-7-15-10-13-9-11-4-5-12(13)8-11/h11-13,15H,1-10H2. The normalized spacial score (nSPS) is 33.8. The van der Waals surface area contributed by atoms with Crippen molar-refractivity contribution in [3.05, 3.63) is 0 Å². The second kappa shape index (κ2) is 6.43. The number of hydrogen-bond donors (Lipinski definition) is 1. The number of halogens is 1. The molecule has 2 fully saturated rings. The molecule has 88 valence electrons. The third-order valence-corrected chi connectivity index (χ3v) is 5.04. The topological polar surface area (TPSA) is 12.0 Å². The van der Waals surface area contributed by atoms with E-state index in [4.69, 9.17) is 0 Å². The first kappa shape index (κ1) is 12.2. The van der Waals surface area contributed by atoms with Gasteiger partial charge in [-0.05, 0) is 67.4 Å². The molecule has 1 nitrogen and oxygen atoms in total. The van der Waals surface area contributed by atoms with Crippen LogP contribution in [0.2, 0.25) is 0 Å². The third-order valence-electron chi connectivity index (χ3n) is 4.28. The van der Waals surface area contributed by atoms with Crippen LogP contribution in [-0.2, 0) is 0 Å². The summed E-state index contributed by atoms with van der Waals surface area (Å²) in [5, 5.41) is 3.67. The summed E-state index contributed by atoms with van der Waals surface area (Å²) in [5.41, 5.74) is 0. The molecule has 0 spiro atoms. The largest absolute Gasteiger partial charge is 0.316 e. The van der Waals surface area contributed by atoms with Gasteiger partial charge in [0.2, 0.25) is 0 Å². The minimum atomic E-state index is 1.04. The highest BCUT2D eigenvalue weighted by atomic mass is 127. The van der Waals surface area contributed by atoms with Crippen LogP contribution in [0.4, 0.5) is 0 Å².